The van der Waals surface area contributed by atoms with Crippen LogP contribution in [0.2, 0.25) is 0 Å². The monoisotopic (exact) mass is 279 g/mol. The number of carboxylic acids is 1. The minimum atomic E-state index is -0.860. The third-order valence-corrected chi connectivity index (χ3v) is 3.59. The number of ether oxygens (including phenoxy) is 1. The van der Waals surface area contributed by atoms with Crippen LogP contribution in [-0.2, 0) is 9.53 Å². The van der Waals surface area contributed by atoms with Gasteiger partial charge in [-0.3, -0.25) is 0 Å². The molecule has 1 N–H and O–H groups in total. The van der Waals surface area contributed by atoms with Crippen molar-refractivity contribution in [3.8, 4) is 0 Å². The molecular weight excluding hydrogens is 258 g/mol. The van der Waals surface area contributed by atoms with Crippen LogP contribution >= 0.6 is 0 Å². The van der Waals surface area contributed by atoms with E-state index in [1.165, 1.54) is 0 Å². The highest BCUT2D eigenvalue weighted by atomic mass is 16.5. The molecule has 0 saturated carbocycles. The first-order valence-electron chi connectivity index (χ1n) is 6.80. The smallest absolute Gasteiger partial charge is 0.326 e. The van der Waals surface area contributed by atoms with E-state index in [4.69, 9.17) is 4.74 Å². The first kappa shape index (κ1) is 14.7. The highest BCUT2D eigenvalue weighted by molar-refractivity contribution is 5.78. The number of carbonyl (C=O) groups is 1. The van der Waals surface area contributed by atoms with E-state index in [0.29, 0.717) is 18.9 Å². The number of aryl methyl sites for hydroxylation is 1. The fraction of sp³-hybridized carbons (Fsp3) is 0.643. The van der Waals surface area contributed by atoms with E-state index < -0.39 is 12.0 Å². The summed E-state index contributed by atoms with van der Waals surface area (Å²) in [6.45, 7) is 6.52. The van der Waals surface area contributed by atoms with E-state index in [0.717, 1.165) is 11.4 Å². The number of hydrogen-bond donors (Lipinski definition) is 1. The van der Waals surface area contributed by atoms with E-state index in [-0.39, 0.29) is 12.0 Å². The van der Waals surface area contributed by atoms with Crippen LogP contribution in [0.15, 0.2) is 6.07 Å². The SMILES string of the molecule is COC1CC(C(=O)O)N(c2nc(C)cc(C(C)C)n2)C1. The molecule has 1 fully saturated rings. The Hall–Kier alpha value is -1.69. The van der Waals surface area contributed by atoms with Crippen molar-refractivity contribution in [2.45, 2.75) is 45.3 Å². The Morgan fingerprint density at radius 2 is 2.20 bits per heavy atom. The maximum absolute atomic E-state index is 11.4. The lowest BCUT2D eigenvalue weighted by molar-refractivity contribution is -0.138. The first-order valence-corrected chi connectivity index (χ1v) is 6.80. The van der Waals surface area contributed by atoms with Gasteiger partial charge in [-0.05, 0) is 18.9 Å². The van der Waals surface area contributed by atoms with Crippen LogP contribution in [0.5, 0.6) is 0 Å². The lowest BCUT2D eigenvalue weighted by atomic mass is 10.1. The molecule has 0 radical (unpaired) electrons. The van der Waals surface area contributed by atoms with E-state index >= 15 is 0 Å². The number of nitrogens with zero attached hydrogens (tertiary/aromatic N) is 3. The molecule has 6 heteroatoms. The zero-order valence-electron chi connectivity index (χ0n) is 12.3. The number of anilines is 1. The zero-order chi connectivity index (χ0) is 14.9. The van der Waals surface area contributed by atoms with Crippen LogP contribution in [0, 0.1) is 6.92 Å². The molecule has 2 unspecified atom stereocenters. The molecule has 0 amide bonds. The van der Waals surface area contributed by atoms with Crippen LogP contribution < -0.4 is 4.90 Å². The Morgan fingerprint density at radius 3 is 2.75 bits per heavy atom. The Labute approximate surface area is 118 Å². The van der Waals surface area contributed by atoms with Crippen LogP contribution in [-0.4, -0.2) is 46.8 Å². The van der Waals surface area contributed by atoms with Gasteiger partial charge in [0.1, 0.15) is 6.04 Å². The number of methoxy groups -OCH3 is 1. The maximum atomic E-state index is 11.4. The topological polar surface area (TPSA) is 75.6 Å². The van der Waals surface area contributed by atoms with Crippen molar-refractivity contribution < 1.29 is 14.6 Å². The van der Waals surface area contributed by atoms with Gasteiger partial charge in [-0.25, -0.2) is 14.8 Å². The zero-order valence-corrected chi connectivity index (χ0v) is 12.3. The molecule has 110 valence electrons. The van der Waals surface area contributed by atoms with E-state index in [1.807, 2.05) is 13.0 Å². The van der Waals surface area contributed by atoms with E-state index in [2.05, 4.69) is 23.8 Å². The van der Waals surface area contributed by atoms with Gasteiger partial charge in [0.05, 0.1) is 6.10 Å². The van der Waals surface area contributed by atoms with Gasteiger partial charge in [-0.1, -0.05) is 13.8 Å². The third-order valence-electron chi connectivity index (χ3n) is 3.59. The van der Waals surface area contributed by atoms with E-state index in [1.54, 1.807) is 12.0 Å². The van der Waals surface area contributed by atoms with Crippen molar-refractivity contribution >= 4 is 11.9 Å². The molecule has 1 aliphatic rings. The van der Waals surface area contributed by atoms with Gasteiger partial charge >= 0.3 is 5.97 Å². The fourth-order valence-corrected chi connectivity index (χ4v) is 2.42. The highest BCUT2D eigenvalue weighted by Gasteiger charge is 2.38. The first-order chi connectivity index (χ1) is 9.42. The van der Waals surface area contributed by atoms with Crippen LogP contribution in [0.4, 0.5) is 5.95 Å². The summed E-state index contributed by atoms with van der Waals surface area (Å²) in [5.74, 6) is -0.0963. The second-order valence-corrected chi connectivity index (χ2v) is 5.49. The van der Waals surface area contributed by atoms with Gasteiger partial charge in [0.15, 0.2) is 0 Å². The molecule has 2 heterocycles. The summed E-state index contributed by atoms with van der Waals surface area (Å²) in [6.07, 6.45) is 0.364. The van der Waals surface area contributed by atoms with Gasteiger partial charge in [0, 0.05) is 31.5 Å². The lowest BCUT2D eigenvalue weighted by Gasteiger charge is -2.22. The molecule has 1 saturated heterocycles. The normalized spacial score (nSPS) is 22.6. The molecule has 6 nitrogen and oxygen atoms in total. The van der Waals surface area contributed by atoms with Crippen LogP contribution in [0.1, 0.15) is 37.6 Å². The summed E-state index contributed by atoms with van der Waals surface area (Å²) in [6, 6.07) is 1.31. The van der Waals surface area contributed by atoms with E-state index in [9.17, 15) is 9.90 Å². The van der Waals surface area contributed by atoms with Gasteiger partial charge < -0.3 is 14.7 Å². The number of aliphatic carboxylic acids is 1. The van der Waals surface area contributed by atoms with Crippen molar-refractivity contribution in [1.82, 2.24) is 9.97 Å². The molecule has 2 atom stereocenters. The molecule has 0 aromatic carbocycles. The minimum Gasteiger partial charge on any atom is -0.480 e. The molecule has 1 aliphatic heterocycles. The summed E-state index contributed by atoms with van der Waals surface area (Å²) in [4.78, 5) is 22.0. The Bertz CT molecular complexity index is 504. The van der Waals surface area contributed by atoms with Crippen LogP contribution in [0.3, 0.4) is 0 Å². The summed E-state index contributed by atoms with van der Waals surface area (Å²) in [5, 5.41) is 9.35. The van der Waals surface area contributed by atoms with Gasteiger partial charge in [-0.15, -0.1) is 0 Å². The Kier molecular flexibility index (Phi) is 4.23. The average Bonchev–Trinajstić information content (AvgIpc) is 2.82. The molecule has 1 aromatic heterocycles. The number of aromatic nitrogens is 2. The van der Waals surface area contributed by atoms with Crippen molar-refractivity contribution in [1.29, 1.82) is 0 Å². The fourth-order valence-electron chi connectivity index (χ4n) is 2.42. The number of rotatable bonds is 4. The predicted octanol–water partition coefficient (Wildman–Crippen LogP) is 1.59. The maximum Gasteiger partial charge on any atom is 0.326 e. The summed E-state index contributed by atoms with van der Waals surface area (Å²) < 4.78 is 5.29. The number of hydrogen-bond acceptors (Lipinski definition) is 5. The van der Waals surface area contributed by atoms with Crippen molar-refractivity contribution in [3.05, 3.63) is 17.5 Å². The van der Waals surface area contributed by atoms with Gasteiger partial charge in [0.25, 0.3) is 0 Å². The minimum absolute atomic E-state index is 0.0947. The number of carboxylic acid groups (broad SMARTS) is 1. The molecule has 1 aromatic rings. The molecule has 20 heavy (non-hydrogen) atoms. The van der Waals surface area contributed by atoms with Crippen molar-refractivity contribution in [2.24, 2.45) is 0 Å². The summed E-state index contributed by atoms with van der Waals surface area (Å²) in [5.41, 5.74) is 1.78. The largest absolute Gasteiger partial charge is 0.480 e. The summed E-state index contributed by atoms with van der Waals surface area (Å²) in [7, 11) is 1.60. The van der Waals surface area contributed by atoms with Crippen molar-refractivity contribution in [3.63, 3.8) is 0 Å². The lowest BCUT2D eigenvalue weighted by Crippen LogP contribution is -2.37. The molecule has 0 spiro atoms. The second-order valence-electron chi connectivity index (χ2n) is 5.49. The molecule has 2 rings (SSSR count). The molecule has 0 bridgehead atoms. The van der Waals surface area contributed by atoms with Gasteiger partial charge in [-0.2, -0.15) is 0 Å². The standard InChI is InChI=1S/C14H21N3O3/c1-8(2)11-5-9(3)15-14(16-11)17-7-10(20-4)6-12(17)13(18)19/h5,8,10,12H,6-7H2,1-4H3,(H,18,19). The summed E-state index contributed by atoms with van der Waals surface area (Å²) >= 11 is 0. The molecule has 0 aliphatic carbocycles. The highest BCUT2D eigenvalue weighted by Crippen LogP contribution is 2.26. The van der Waals surface area contributed by atoms with Crippen LogP contribution in [0.25, 0.3) is 0 Å². The molecular formula is C14H21N3O3. The second kappa shape index (κ2) is 5.75. The Morgan fingerprint density at radius 1 is 1.50 bits per heavy atom. The quantitative estimate of drug-likeness (QED) is 0.902. The average molecular weight is 279 g/mol. The van der Waals surface area contributed by atoms with Gasteiger partial charge in [0.2, 0.25) is 5.95 Å². The Balaban J connectivity index is 2.36. The predicted molar refractivity (Wildman–Crippen MR) is 75.0 cm³/mol. The van der Waals surface area contributed by atoms with Crippen molar-refractivity contribution in [2.75, 3.05) is 18.6 Å². The third kappa shape index (κ3) is 2.90.